The van der Waals surface area contributed by atoms with E-state index in [0.29, 0.717) is 12.5 Å². The number of halogens is 2. The molecule has 1 aliphatic heterocycles. The molecule has 24 heavy (non-hydrogen) atoms. The summed E-state index contributed by atoms with van der Waals surface area (Å²) < 4.78 is 5.35. The Morgan fingerprint density at radius 3 is 2.46 bits per heavy atom. The van der Waals surface area contributed by atoms with Gasteiger partial charge in [-0.3, -0.25) is 9.69 Å². The van der Waals surface area contributed by atoms with Crippen LogP contribution in [0.5, 0.6) is 0 Å². The number of carbonyl (C=O) groups is 1. The van der Waals surface area contributed by atoms with Crippen LogP contribution in [0.2, 0.25) is 0 Å². The largest absolute Gasteiger partial charge is 0.379 e. The standard InChI is InChI=1S/C17H27N3O2.2ClH/c1-14(13-20-8-10-22-11-9-20)12-19-16(21)17(2,18)15-6-4-3-5-7-15;;/h3-7,14H,8-13,18H2,1-2H3,(H,19,21);2*1H. The molecule has 1 heterocycles. The van der Waals surface area contributed by atoms with Crippen molar-refractivity contribution in [2.24, 2.45) is 11.7 Å². The maximum Gasteiger partial charge on any atom is 0.244 e. The number of carbonyl (C=O) groups excluding carboxylic acids is 1. The van der Waals surface area contributed by atoms with E-state index in [9.17, 15) is 4.79 Å². The van der Waals surface area contributed by atoms with E-state index in [1.165, 1.54) is 0 Å². The first-order valence-electron chi connectivity index (χ1n) is 7.93. The molecule has 1 fully saturated rings. The van der Waals surface area contributed by atoms with Crippen molar-refractivity contribution >= 4 is 30.7 Å². The zero-order valence-corrected chi connectivity index (χ0v) is 16.0. The molecule has 1 aliphatic rings. The van der Waals surface area contributed by atoms with Gasteiger partial charge in [0, 0.05) is 26.2 Å². The highest BCUT2D eigenvalue weighted by Gasteiger charge is 2.30. The number of benzene rings is 1. The van der Waals surface area contributed by atoms with E-state index in [2.05, 4.69) is 17.1 Å². The van der Waals surface area contributed by atoms with Gasteiger partial charge in [0.2, 0.25) is 5.91 Å². The third-order valence-electron chi connectivity index (χ3n) is 4.13. The van der Waals surface area contributed by atoms with Crippen LogP contribution in [-0.2, 0) is 15.1 Å². The van der Waals surface area contributed by atoms with E-state index in [1.54, 1.807) is 6.92 Å². The first kappa shape index (κ1) is 23.1. The Balaban J connectivity index is 0.00000264. The molecule has 0 aromatic heterocycles. The molecule has 0 spiro atoms. The predicted octanol–water partition coefficient (Wildman–Crippen LogP) is 1.79. The molecular formula is C17H29Cl2N3O2. The molecule has 1 saturated heterocycles. The Kier molecular flexibility index (Phi) is 10.5. The SMILES string of the molecule is CC(CNC(=O)C(C)(N)c1ccccc1)CN1CCOCC1.Cl.Cl. The van der Waals surface area contributed by atoms with E-state index in [1.807, 2.05) is 30.3 Å². The highest BCUT2D eigenvalue weighted by Crippen LogP contribution is 2.17. The van der Waals surface area contributed by atoms with Gasteiger partial charge in [0.1, 0.15) is 5.54 Å². The van der Waals surface area contributed by atoms with Crippen LogP contribution in [0.3, 0.4) is 0 Å². The average Bonchev–Trinajstić information content (AvgIpc) is 2.54. The lowest BCUT2D eigenvalue weighted by Crippen LogP contribution is -2.50. The Bertz CT molecular complexity index is 480. The zero-order valence-electron chi connectivity index (χ0n) is 14.4. The van der Waals surface area contributed by atoms with Crippen LogP contribution in [0.1, 0.15) is 19.4 Å². The molecule has 138 valence electrons. The number of nitrogens with one attached hydrogen (secondary N) is 1. The first-order chi connectivity index (χ1) is 10.5. The van der Waals surface area contributed by atoms with Crippen LogP contribution in [0, 0.1) is 5.92 Å². The van der Waals surface area contributed by atoms with Crippen molar-refractivity contribution in [3.63, 3.8) is 0 Å². The van der Waals surface area contributed by atoms with Gasteiger partial charge in [-0.1, -0.05) is 37.3 Å². The Morgan fingerprint density at radius 1 is 1.29 bits per heavy atom. The van der Waals surface area contributed by atoms with E-state index in [4.69, 9.17) is 10.5 Å². The number of hydrogen-bond acceptors (Lipinski definition) is 4. The summed E-state index contributed by atoms with van der Waals surface area (Å²) in [5.74, 6) is 0.251. The molecule has 1 amide bonds. The summed E-state index contributed by atoms with van der Waals surface area (Å²) in [6.07, 6.45) is 0. The molecule has 5 nitrogen and oxygen atoms in total. The zero-order chi connectivity index (χ0) is 16.0. The van der Waals surface area contributed by atoms with Gasteiger partial charge in [0.25, 0.3) is 0 Å². The molecule has 0 bridgehead atoms. The van der Waals surface area contributed by atoms with Crippen LogP contribution < -0.4 is 11.1 Å². The second-order valence-corrected chi connectivity index (χ2v) is 6.30. The molecule has 0 radical (unpaired) electrons. The Morgan fingerprint density at radius 2 is 1.88 bits per heavy atom. The molecule has 0 aliphatic carbocycles. The summed E-state index contributed by atoms with van der Waals surface area (Å²) in [6.45, 7) is 9.04. The lowest BCUT2D eigenvalue weighted by Gasteiger charge is -2.30. The van der Waals surface area contributed by atoms with Gasteiger partial charge in [0.05, 0.1) is 13.2 Å². The van der Waals surface area contributed by atoms with Gasteiger partial charge in [-0.05, 0) is 18.4 Å². The summed E-state index contributed by atoms with van der Waals surface area (Å²) in [7, 11) is 0. The van der Waals surface area contributed by atoms with E-state index < -0.39 is 5.54 Å². The third kappa shape index (κ3) is 6.57. The smallest absolute Gasteiger partial charge is 0.244 e. The number of amides is 1. The van der Waals surface area contributed by atoms with Gasteiger partial charge in [-0.25, -0.2) is 0 Å². The minimum Gasteiger partial charge on any atom is -0.379 e. The predicted molar refractivity (Wildman–Crippen MR) is 102 cm³/mol. The maximum atomic E-state index is 12.4. The average molecular weight is 378 g/mol. The third-order valence-corrected chi connectivity index (χ3v) is 4.13. The van der Waals surface area contributed by atoms with Crippen LogP contribution >= 0.6 is 24.8 Å². The van der Waals surface area contributed by atoms with E-state index in [-0.39, 0.29) is 30.7 Å². The molecule has 2 unspecified atom stereocenters. The lowest BCUT2D eigenvalue weighted by molar-refractivity contribution is -0.126. The van der Waals surface area contributed by atoms with Gasteiger partial charge >= 0.3 is 0 Å². The van der Waals surface area contributed by atoms with Gasteiger partial charge in [0.15, 0.2) is 0 Å². The lowest BCUT2D eigenvalue weighted by atomic mass is 9.92. The van der Waals surface area contributed by atoms with Crippen molar-refractivity contribution in [3.05, 3.63) is 35.9 Å². The normalized spacial score (nSPS) is 18.5. The topological polar surface area (TPSA) is 67.6 Å². The van der Waals surface area contributed by atoms with E-state index >= 15 is 0 Å². The molecule has 2 rings (SSSR count). The number of nitrogens with zero attached hydrogens (tertiary/aromatic N) is 1. The number of rotatable bonds is 6. The monoisotopic (exact) mass is 377 g/mol. The Hall–Kier alpha value is -0.850. The van der Waals surface area contributed by atoms with Crippen molar-refractivity contribution in [1.29, 1.82) is 0 Å². The first-order valence-corrected chi connectivity index (χ1v) is 7.93. The van der Waals surface area contributed by atoms with Gasteiger partial charge < -0.3 is 15.8 Å². The molecule has 2 atom stereocenters. The van der Waals surface area contributed by atoms with E-state index in [0.717, 1.165) is 38.4 Å². The van der Waals surface area contributed by atoms with Crippen LogP contribution in [0.4, 0.5) is 0 Å². The summed E-state index contributed by atoms with van der Waals surface area (Å²) in [5, 5.41) is 2.99. The molecule has 7 heteroatoms. The second kappa shape index (κ2) is 10.9. The van der Waals surface area contributed by atoms with Crippen LogP contribution in [0.15, 0.2) is 30.3 Å². The molecule has 3 N–H and O–H groups in total. The van der Waals surface area contributed by atoms with Crippen molar-refractivity contribution in [1.82, 2.24) is 10.2 Å². The fourth-order valence-electron chi connectivity index (χ4n) is 2.66. The summed E-state index contributed by atoms with van der Waals surface area (Å²) in [5.41, 5.74) is 6.04. The van der Waals surface area contributed by atoms with Gasteiger partial charge in [-0.2, -0.15) is 0 Å². The van der Waals surface area contributed by atoms with Crippen molar-refractivity contribution in [2.75, 3.05) is 39.4 Å². The van der Waals surface area contributed by atoms with Crippen LogP contribution in [-0.4, -0.2) is 50.2 Å². The molecular weight excluding hydrogens is 349 g/mol. The van der Waals surface area contributed by atoms with Crippen molar-refractivity contribution < 1.29 is 9.53 Å². The summed E-state index contributed by atoms with van der Waals surface area (Å²) in [6, 6.07) is 9.49. The van der Waals surface area contributed by atoms with Crippen molar-refractivity contribution in [3.8, 4) is 0 Å². The Labute approximate surface area is 157 Å². The fraction of sp³-hybridized carbons (Fsp3) is 0.588. The maximum absolute atomic E-state index is 12.4. The highest BCUT2D eigenvalue weighted by molar-refractivity contribution is 5.87. The summed E-state index contributed by atoms with van der Waals surface area (Å²) in [4.78, 5) is 14.8. The minimum absolute atomic E-state index is 0. The fourth-order valence-corrected chi connectivity index (χ4v) is 2.66. The highest BCUT2D eigenvalue weighted by atomic mass is 35.5. The number of nitrogens with two attached hydrogens (primary N) is 1. The quantitative estimate of drug-likeness (QED) is 0.792. The molecule has 1 aromatic carbocycles. The minimum atomic E-state index is -1.00. The molecule has 0 saturated carbocycles. The molecule has 1 aromatic rings. The van der Waals surface area contributed by atoms with Gasteiger partial charge in [-0.15, -0.1) is 24.8 Å². The second-order valence-electron chi connectivity index (χ2n) is 6.30. The number of morpholine rings is 1. The number of hydrogen-bond donors (Lipinski definition) is 2. The summed E-state index contributed by atoms with van der Waals surface area (Å²) >= 11 is 0. The number of ether oxygens (including phenoxy) is 1. The van der Waals surface area contributed by atoms with Crippen LogP contribution in [0.25, 0.3) is 0 Å². The van der Waals surface area contributed by atoms with Crippen molar-refractivity contribution in [2.45, 2.75) is 19.4 Å².